The Kier molecular flexibility index (Phi) is 5.38. The van der Waals surface area contributed by atoms with Crippen LogP contribution >= 0.6 is 0 Å². The molecule has 6 heteroatoms. The Morgan fingerprint density at radius 1 is 0.927 bits per heavy atom. The Morgan fingerprint density at radius 2 is 1.63 bits per heavy atom. The molecule has 41 heavy (non-hydrogen) atoms. The Labute approximate surface area is 244 Å². The molecule has 6 aliphatic carbocycles. The van der Waals surface area contributed by atoms with Crippen LogP contribution in [0.3, 0.4) is 0 Å². The second-order valence-corrected chi connectivity index (χ2v) is 16.6. The molecular weight excluding hydrogens is 510 g/mol. The third-order valence-corrected chi connectivity index (χ3v) is 13.7. The second-order valence-electron chi connectivity index (χ2n) is 16.6. The van der Waals surface area contributed by atoms with E-state index in [-0.39, 0.29) is 56.6 Å². The van der Waals surface area contributed by atoms with E-state index in [1.54, 1.807) is 0 Å². The summed E-state index contributed by atoms with van der Waals surface area (Å²) in [6, 6.07) is 2.21. The van der Waals surface area contributed by atoms with E-state index in [2.05, 4.69) is 45.8 Å². The summed E-state index contributed by atoms with van der Waals surface area (Å²) in [5.41, 5.74) is -0.339. The van der Waals surface area contributed by atoms with Gasteiger partial charge in [0.25, 0.3) is 0 Å². The molecule has 7 atom stereocenters. The molecule has 1 aromatic heterocycles. The number of hydrogen-bond donors (Lipinski definition) is 0. The standard InChI is InChI=1S/C35H45N3O3/c1-30(2)12-14-35(29-38-37-28(41-29)20-8-9-20)15-13-34(7)26(22(35)18-30)23(39)16-25-32(5)17-21(19-36)27(40)31(3,4)24(32)10-11-33(25,34)6/h16-17,20,22,24,26H,8-15,18H2,1-7H3/t22-,24-,26-,32-,33+,34+,35-/m0/s1. The number of carbonyl (C=O) groups is 2. The van der Waals surface area contributed by atoms with Gasteiger partial charge in [0.05, 0.1) is 11.0 Å². The van der Waals surface area contributed by atoms with E-state index >= 15 is 0 Å². The number of allylic oxidation sites excluding steroid dienone is 4. The number of Topliss-reactive ketones (excluding diaryl/α,β-unsaturated/α-hetero) is 1. The number of nitriles is 1. The summed E-state index contributed by atoms with van der Waals surface area (Å²) >= 11 is 0. The molecule has 1 heterocycles. The van der Waals surface area contributed by atoms with Crippen LogP contribution in [-0.4, -0.2) is 21.8 Å². The Bertz CT molecular complexity index is 1470. The summed E-state index contributed by atoms with van der Waals surface area (Å²) in [6.07, 6.45) is 12.9. The van der Waals surface area contributed by atoms with Crippen molar-refractivity contribution >= 4 is 11.6 Å². The van der Waals surface area contributed by atoms with Gasteiger partial charge in [0, 0.05) is 22.7 Å². The molecule has 0 spiro atoms. The molecule has 7 rings (SSSR count). The first-order valence-electron chi connectivity index (χ1n) is 15.9. The SMILES string of the molecule is CC1(C)CC[C@]2(c3nnc(C4CC4)o3)CC[C@]3(C)[C@H](C(=O)C=C4[C@@]5(C)C=C(C#N)C(=O)C(C)(C)[C@@H]5CC[C@]43C)[C@@H]2C1. The fourth-order valence-electron chi connectivity index (χ4n) is 10.9. The Morgan fingerprint density at radius 3 is 2.32 bits per heavy atom. The molecule has 1 aromatic rings. The number of aromatic nitrogens is 2. The van der Waals surface area contributed by atoms with E-state index in [1.807, 2.05) is 26.0 Å². The highest BCUT2D eigenvalue weighted by atomic mass is 16.4. The predicted octanol–water partition coefficient (Wildman–Crippen LogP) is 7.42. The number of ketones is 2. The van der Waals surface area contributed by atoms with Crippen LogP contribution < -0.4 is 0 Å². The molecule has 6 aliphatic rings. The van der Waals surface area contributed by atoms with Gasteiger partial charge in [-0.05, 0) is 91.9 Å². The monoisotopic (exact) mass is 555 g/mol. The highest BCUT2D eigenvalue weighted by Crippen LogP contribution is 2.74. The second kappa shape index (κ2) is 8.08. The Hall–Kier alpha value is -2.55. The summed E-state index contributed by atoms with van der Waals surface area (Å²) in [5.74, 6) is 2.21. The van der Waals surface area contributed by atoms with Gasteiger partial charge in [-0.15, -0.1) is 10.2 Å². The third kappa shape index (κ3) is 3.35. The van der Waals surface area contributed by atoms with Gasteiger partial charge < -0.3 is 4.42 Å². The quantitative estimate of drug-likeness (QED) is 0.377. The normalized spacial score (nSPS) is 44.4. The van der Waals surface area contributed by atoms with Gasteiger partial charge in [0.15, 0.2) is 11.6 Å². The molecule has 0 amide bonds. The fourth-order valence-corrected chi connectivity index (χ4v) is 10.9. The van der Waals surface area contributed by atoms with Crippen LogP contribution in [0.25, 0.3) is 0 Å². The van der Waals surface area contributed by atoms with Gasteiger partial charge in [-0.2, -0.15) is 5.26 Å². The van der Waals surface area contributed by atoms with Crippen LogP contribution in [0.4, 0.5) is 0 Å². The zero-order chi connectivity index (χ0) is 29.4. The summed E-state index contributed by atoms with van der Waals surface area (Å²) < 4.78 is 6.48. The molecule has 0 bridgehead atoms. The van der Waals surface area contributed by atoms with Gasteiger partial charge >= 0.3 is 0 Å². The van der Waals surface area contributed by atoms with Crippen LogP contribution in [0.1, 0.15) is 124 Å². The first kappa shape index (κ1) is 27.3. The highest BCUT2D eigenvalue weighted by molar-refractivity contribution is 6.04. The van der Waals surface area contributed by atoms with Crippen molar-refractivity contribution in [3.8, 4) is 6.07 Å². The molecule has 0 N–H and O–H groups in total. The van der Waals surface area contributed by atoms with Gasteiger partial charge in [-0.3, -0.25) is 9.59 Å². The van der Waals surface area contributed by atoms with E-state index in [4.69, 9.17) is 9.52 Å². The molecular formula is C35H45N3O3. The van der Waals surface area contributed by atoms with E-state index in [9.17, 15) is 14.9 Å². The van der Waals surface area contributed by atoms with Crippen LogP contribution in [0.5, 0.6) is 0 Å². The number of carbonyl (C=O) groups excluding carboxylic acids is 2. The van der Waals surface area contributed by atoms with Crippen LogP contribution in [0.15, 0.2) is 27.7 Å². The van der Waals surface area contributed by atoms with Crippen molar-refractivity contribution in [3.05, 3.63) is 35.1 Å². The number of nitrogens with zero attached hydrogens (tertiary/aromatic N) is 3. The summed E-state index contributed by atoms with van der Waals surface area (Å²) in [5, 5.41) is 19.2. The number of rotatable bonds is 2. The van der Waals surface area contributed by atoms with Crippen molar-refractivity contribution in [2.45, 2.75) is 118 Å². The van der Waals surface area contributed by atoms with Crippen LogP contribution in [-0.2, 0) is 15.0 Å². The summed E-state index contributed by atoms with van der Waals surface area (Å²) in [6.45, 7) is 15.7. The van der Waals surface area contributed by atoms with E-state index in [0.717, 1.165) is 75.1 Å². The maximum absolute atomic E-state index is 14.7. The minimum atomic E-state index is -0.649. The van der Waals surface area contributed by atoms with Gasteiger partial charge in [-0.1, -0.05) is 60.1 Å². The zero-order valence-electron chi connectivity index (χ0n) is 25.9. The molecule has 4 saturated carbocycles. The predicted molar refractivity (Wildman–Crippen MR) is 154 cm³/mol. The average Bonchev–Trinajstić information content (AvgIpc) is 3.63. The average molecular weight is 556 g/mol. The van der Waals surface area contributed by atoms with E-state index in [1.165, 1.54) is 0 Å². The lowest BCUT2D eigenvalue weighted by atomic mass is 9.34. The van der Waals surface area contributed by atoms with Crippen molar-refractivity contribution < 1.29 is 14.0 Å². The molecule has 0 saturated heterocycles. The maximum Gasteiger partial charge on any atom is 0.223 e. The molecule has 0 unspecified atom stereocenters. The van der Waals surface area contributed by atoms with Crippen molar-refractivity contribution in [1.29, 1.82) is 5.26 Å². The molecule has 0 aromatic carbocycles. The van der Waals surface area contributed by atoms with Crippen molar-refractivity contribution in [3.63, 3.8) is 0 Å². The molecule has 218 valence electrons. The van der Waals surface area contributed by atoms with Gasteiger partial charge in [0.2, 0.25) is 11.8 Å². The van der Waals surface area contributed by atoms with Gasteiger partial charge in [-0.25, -0.2) is 0 Å². The summed E-state index contributed by atoms with van der Waals surface area (Å²) in [7, 11) is 0. The fraction of sp³-hybridized carbons (Fsp3) is 0.743. The molecule has 6 nitrogen and oxygen atoms in total. The summed E-state index contributed by atoms with van der Waals surface area (Å²) in [4.78, 5) is 28.0. The third-order valence-electron chi connectivity index (χ3n) is 13.7. The van der Waals surface area contributed by atoms with E-state index < -0.39 is 10.8 Å². The van der Waals surface area contributed by atoms with Crippen molar-refractivity contribution in [2.24, 2.45) is 44.8 Å². The molecule has 0 radical (unpaired) electrons. The van der Waals surface area contributed by atoms with Crippen LogP contribution in [0.2, 0.25) is 0 Å². The first-order valence-corrected chi connectivity index (χ1v) is 15.9. The molecule has 0 aliphatic heterocycles. The highest BCUT2D eigenvalue weighted by Gasteiger charge is 2.70. The lowest BCUT2D eigenvalue weighted by Gasteiger charge is -2.68. The maximum atomic E-state index is 14.7. The van der Waals surface area contributed by atoms with Crippen molar-refractivity contribution in [2.75, 3.05) is 0 Å². The topological polar surface area (TPSA) is 96.8 Å². The zero-order valence-corrected chi connectivity index (χ0v) is 25.9. The van der Waals surface area contributed by atoms with E-state index in [0.29, 0.717) is 5.92 Å². The minimum Gasteiger partial charge on any atom is -0.424 e. The van der Waals surface area contributed by atoms with Crippen LogP contribution in [0, 0.1) is 56.2 Å². The number of hydrogen-bond acceptors (Lipinski definition) is 6. The minimum absolute atomic E-state index is 0.0578. The lowest BCUT2D eigenvalue weighted by Crippen LogP contribution is -2.65. The molecule has 4 fully saturated rings. The smallest absolute Gasteiger partial charge is 0.223 e. The van der Waals surface area contributed by atoms with Crippen molar-refractivity contribution in [1.82, 2.24) is 10.2 Å². The van der Waals surface area contributed by atoms with Gasteiger partial charge in [0.1, 0.15) is 6.07 Å². The first-order chi connectivity index (χ1) is 19.1. The lowest BCUT2D eigenvalue weighted by molar-refractivity contribution is -0.161. The Balaban J connectivity index is 1.38. The largest absolute Gasteiger partial charge is 0.424 e. The number of fused-ring (bicyclic) bond motifs is 7.